The van der Waals surface area contributed by atoms with Crippen LogP contribution in [0.25, 0.3) is 0 Å². The van der Waals surface area contributed by atoms with Crippen LogP contribution in [-0.2, 0) is 4.74 Å². The smallest absolute Gasteiger partial charge is 0.0773 e. The fraction of sp³-hybridized carbons (Fsp3) is 0.615. The lowest BCUT2D eigenvalue weighted by atomic mass is 10.1. The molecule has 3 heteroatoms. The molecule has 0 amide bonds. The lowest BCUT2D eigenvalue weighted by Crippen LogP contribution is -2.44. The van der Waals surface area contributed by atoms with Gasteiger partial charge in [-0.1, -0.05) is 13.8 Å². The Bertz CT molecular complexity index is 334. The summed E-state index contributed by atoms with van der Waals surface area (Å²) in [4.78, 5) is 6.70. The van der Waals surface area contributed by atoms with Crippen molar-refractivity contribution in [2.45, 2.75) is 26.9 Å². The van der Waals surface area contributed by atoms with E-state index in [9.17, 15) is 0 Å². The molecule has 2 rings (SSSR count). The molecule has 0 spiro atoms. The fourth-order valence-electron chi connectivity index (χ4n) is 1.96. The van der Waals surface area contributed by atoms with E-state index in [1.165, 1.54) is 5.69 Å². The molecule has 1 saturated heterocycles. The number of aryl methyl sites for hydroxylation is 1. The summed E-state index contributed by atoms with van der Waals surface area (Å²) in [5, 5.41) is 0. The van der Waals surface area contributed by atoms with E-state index >= 15 is 0 Å². The molecule has 0 saturated carbocycles. The maximum Gasteiger partial charge on any atom is 0.0773 e. The molecule has 1 aromatic heterocycles. The molecule has 0 radical (unpaired) electrons. The van der Waals surface area contributed by atoms with Crippen LogP contribution in [0.15, 0.2) is 18.3 Å². The zero-order chi connectivity index (χ0) is 11.5. The minimum absolute atomic E-state index is 0.343. The second-order valence-electron chi connectivity index (χ2n) is 4.76. The summed E-state index contributed by atoms with van der Waals surface area (Å²) in [6.07, 6.45) is 2.30. The third-order valence-corrected chi connectivity index (χ3v) is 3.10. The Labute approximate surface area is 97.4 Å². The van der Waals surface area contributed by atoms with Crippen LogP contribution < -0.4 is 4.90 Å². The number of hydrogen-bond acceptors (Lipinski definition) is 3. The summed E-state index contributed by atoms with van der Waals surface area (Å²) in [7, 11) is 0. The highest BCUT2D eigenvalue weighted by Gasteiger charge is 2.23. The van der Waals surface area contributed by atoms with Crippen molar-refractivity contribution >= 4 is 5.69 Å². The van der Waals surface area contributed by atoms with Gasteiger partial charge in [0.1, 0.15) is 0 Å². The summed E-state index contributed by atoms with van der Waals surface area (Å²) in [6.45, 7) is 9.19. The van der Waals surface area contributed by atoms with E-state index in [1.807, 2.05) is 13.1 Å². The summed E-state index contributed by atoms with van der Waals surface area (Å²) in [5.74, 6) is 0.571. The zero-order valence-electron chi connectivity index (χ0n) is 10.3. The third kappa shape index (κ3) is 2.53. The van der Waals surface area contributed by atoms with Crippen LogP contribution in [0.3, 0.4) is 0 Å². The van der Waals surface area contributed by atoms with Crippen LogP contribution in [0.4, 0.5) is 5.69 Å². The fourth-order valence-corrected chi connectivity index (χ4v) is 1.96. The maximum absolute atomic E-state index is 5.75. The van der Waals surface area contributed by atoms with Gasteiger partial charge in [0.05, 0.1) is 24.6 Å². The number of ether oxygens (including phenoxy) is 1. The largest absolute Gasteiger partial charge is 0.374 e. The lowest BCUT2D eigenvalue weighted by Gasteiger charge is -2.36. The predicted octanol–water partition coefficient (Wildman–Crippen LogP) is 2.25. The van der Waals surface area contributed by atoms with E-state index < -0.39 is 0 Å². The number of morpholine rings is 1. The molecule has 1 atom stereocenters. The van der Waals surface area contributed by atoms with Crippen molar-refractivity contribution in [2.24, 2.45) is 5.92 Å². The van der Waals surface area contributed by atoms with Crippen molar-refractivity contribution in [2.75, 3.05) is 24.6 Å². The van der Waals surface area contributed by atoms with Gasteiger partial charge in [-0.15, -0.1) is 0 Å². The van der Waals surface area contributed by atoms with E-state index in [1.54, 1.807) is 0 Å². The molecule has 1 aromatic rings. The molecule has 1 unspecified atom stereocenters. The van der Waals surface area contributed by atoms with Gasteiger partial charge < -0.3 is 9.64 Å². The van der Waals surface area contributed by atoms with Gasteiger partial charge in [-0.2, -0.15) is 0 Å². The average molecular weight is 220 g/mol. The second kappa shape index (κ2) is 4.83. The molecule has 3 nitrogen and oxygen atoms in total. The van der Waals surface area contributed by atoms with Gasteiger partial charge in [0.25, 0.3) is 0 Å². The molecule has 0 N–H and O–H groups in total. The highest BCUT2D eigenvalue weighted by atomic mass is 16.5. The summed E-state index contributed by atoms with van der Waals surface area (Å²) < 4.78 is 5.75. The molecule has 0 aliphatic carbocycles. The molecule has 1 aliphatic rings. The van der Waals surface area contributed by atoms with Crippen LogP contribution in [-0.4, -0.2) is 30.8 Å². The molecule has 1 aliphatic heterocycles. The van der Waals surface area contributed by atoms with Gasteiger partial charge in [0.15, 0.2) is 0 Å². The first-order valence-electron chi connectivity index (χ1n) is 5.96. The van der Waals surface area contributed by atoms with Gasteiger partial charge in [-0.05, 0) is 25.0 Å². The van der Waals surface area contributed by atoms with E-state index in [-0.39, 0.29) is 0 Å². The SMILES string of the molecule is Cc1ccc(N2CCOC(C(C)C)C2)cn1. The van der Waals surface area contributed by atoms with Crippen LogP contribution >= 0.6 is 0 Å². The second-order valence-corrected chi connectivity index (χ2v) is 4.76. The van der Waals surface area contributed by atoms with Crippen molar-refractivity contribution in [3.8, 4) is 0 Å². The Kier molecular flexibility index (Phi) is 3.44. The minimum atomic E-state index is 0.343. The molecular weight excluding hydrogens is 200 g/mol. The molecule has 0 bridgehead atoms. The van der Waals surface area contributed by atoms with Crippen molar-refractivity contribution in [3.05, 3.63) is 24.0 Å². The molecule has 16 heavy (non-hydrogen) atoms. The highest BCUT2D eigenvalue weighted by molar-refractivity contribution is 5.45. The Hall–Kier alpha value is -1.09. The van der Waals surface area contributed by atoms with Crippen LogP contribution in [0.2, 0.25) is 0 Å². The summed E-state index contributed by atoms with van der Waals surface area (Å²) in [6, 6.07) is 4.21. The Morgan fingerprint density at radius 3 is 2.88 bits per heavy atom. The van der Waals surface area contributed by atoms with Crippen molar-refractivity contribution in [3.63, 3.8) is 0 Å². The number of aromatic nitrogens is 1. The molecule has 0 aromatic carbocycles. The predicted molar refractivity (Wildman–Crippen MR) is 65.8 cm³/mol. The first-order valence-corrected chi connectivity index (χ1v) is 5.96. The quantitative estimate of drug-likeness (QED) is 0.764. The van der Waals surface area contributed by atoms with Gasteiger partial charge in [0, 0.05) is 18.8 Å². The number of rotatable bonds is 2. The van der Waals surface area contributed by atoms with Gasteiger partial charge >= 0.3 is 0 Å². The Morgan fingerprint density at radius 1 is 1.44 bits per heavy atom. The van der Waals surface area contributed by atoms with Gasteiger partial charge in [-0.25, -0.2) is 0 Å². The van der Waals surface area contributed by atoms with Crippen LogP contribution in [0.5, 0.6) is 0 Å². The van der Waals surface area contributed by atoms with E-state index in [2.05, 4.69) is 35.9 Å². The molecule has 88 valence electrons. The topological polar surface area (TPSA) is 25.4 Å². The van der Waals surface area contributed by atoms with E-state index in [4.69, 9.17) is 4.74 Å². The standard InChI is InChI=1S/C13H20N2O/c1-10(2)13-9-15(6-7-16-13)12-5-4-11(3)14-8-12/h4-5,8,10,13H,6-7,9H2,1-3H3. The summed E-state index contributed by atoms with van der Waals surface area (Å²) in [5.41, 5.74) is 2.27. The number of nitrogens with zero attached hydrogens (tertiary/aromatic N) is 2. The Morgan fingerprint density at radius 2 is 2.25 bits per heavy atom. The van der Waals surface area contributed by atoms with Crippen LogP contribution in [0, 0.1) is 12.8 Å². The third-order valence-electron chi connectivity index (χ3n) is 3.10. The Balaban J connectivity index is 2.06. The van der Waals surface area contributed by atoms with E-state index in [0.29, 0.717) is 12.0 Å². The van der Waals surface area contributed by atoms with Crippen molar-refractivity contribution in [1.29, 1.82) is 0 Å². The number of pyridine rings is 1. The zero-order valence-corrected chi connectivity index (χ0v) is 10.3. The first-order chi connectivity index (χ1) is 7.66. The average Bonchev–Trinajstić information content (AvgIpc) is 2.30. The lowest BCUT2D eigenvalue weighted by molar-refractivity contribution is 0.0114. The normalized spacial score (nSPS) is 21.5. The molecule has 2 heterocycles. The maximum atomic E-state index is 5.75. The van der Waals surface area contributed by atoms with Gasteiger partial charge in [-0.3, -0.25) is 4.98 Å². The van der Waals surface area contributed by atoms with Crippen molar-refractivity contribution in [1.82, 2.24) is 4.98 Å². The number of anilines is 1. The molecular formula is C13H20N2O. The van der Waals surface area contributed by atoms with Crippen molar-refractivity contribution < 1.29 is 4.74 Å². The van der Waals surface area contributed by atoms with E-state index in [0.717, 1.165) is 25.4 Å². The minimum Gasteiger partial charge on any atom is -0.374 e. The molecule has 1 fully saturated rings. The van der Waals surface area contributed by atoms with Crippen LogP contribution in [0.1, 0.15) is 19.5 Å². The van der Waals surface area contributed by atoms with Gasteiger partial charge in [0.2, 0.25) is 0 Å². The monoisotopic (exact) mass is 220 g/mol. The first kappa shape index (κ1) is 11.4. The summed E-state index contributed by atoms with van der Waals surface area (Å²) >= 11 is 0. The highest BCUT2D eigenvalue weighted by Crippen LogP contribution is 2.19. The number of hydrogen-bond donors (Lipinski definition) is 0.